The molecule has 1 amide bonds. The third-order valence-corrected chi connectivity index (χ3v) is 6.02. The maximum Gasteiger partial charge on any atom is 0.225 e. The molecular formula is C24H32IN5O2. The molecule has 172 valence electrons. The van der Waals surface area contributed by atoms with Crippen molar-refractivity contribution < 1.29 is 9.53 Å². The first-order chi connectivity index (χ1) is 15.2. The molecule has 2 aliphatic heterocycles. The van der Waals surface area contributed by atoms with Crippen LogP contribution in [0.5, 0.6) is 0 Å². The fraction of sp³-hybridized carbons (Fsp3) is 0.458. The molecule has 3 heterocycles. The van der Waals surface area contributed by atoms with Gasteiger partial charge in [-0.05, 0) is 36.6 Å². The molecule has 2 aromatic rings. The molecule has 1 aromatic carbocycles. The number of likely N-dealkylation sites (tertiary alicyclic amines) is 1. The highest BCUT2D eigenvalue weighted by atomic mass is 127. The van der Waals surface area contributed by atoms with Gasteiger partial charge < -0.3 is 19.9 Å². The number of morpholine rings is 1. The average Bonchev–Trinajstić information content (AvgIpc) is 2.85. The zero-order chi connectivity index (χ0) is 21.5. The largest absolute Gasteiger partial charge is 0.378 e. The van der Waals surface area contributed by atoms with E-state index in [1.54, 1.807) is 0 Å². The Kier molecular flexibility index (Phi) is 9.28. The van der Waals surface area contributed by atoms with Gasteiger partial charge >= 0.3 is 0 Å². The minimum absolute atomic E-state index is 0. The van der Waals surface area contributed by atoms with E-state index in [2.05, 4.69) is 44.5 Å². The monoisotopic (exact) mass is 549 g/mol. The van der Waals surface area contributed by atoms with Crippen LogP contribution in [0, 0.1) is 5.92 Å². The van der Waals surface area contributed by atoms with E-state index in [0.717, 1.165) is 56.2 Å². The number of guanidine groups is 1. The summed E-state index contributed by atoms with van der Waals surface area (Å²) in [5, 5.41) is 3.49. The number of benzene rings is 1. The fourth-order valence-corrected chi connectivity index (χ4v) is 4.27. The van der Waals surface area contributed by atoms with Crippen molar-refractivity contribution in [2.45, 2.75) is 19.4 Å². The van der Waals surface area contributed by atoms with Crippen LogP contribution in [0.15, 0.2) is 53.7 Å². The van der Waals surface area contributed by atoms with Gasteiger partial charge in [0.1, 0.15) is 0 Å². The van der Waals surface area contributed by atoms with Crippen molar-refractivity contribution in [3.63, 3.8) is 0 Å². The summed E-state index contributed by atoms with van der Waals surface area (Å²) < 4.78 is 5.37. The summed E-state index contributed by atoms with van der Waals surface area (Å²) in [6, 6.07) is 14.4. The molecule has 0 atom stereocenters. The fourth-order valence-electron chi connectivity index (χ4n) is 4.27. The summed E-state index contributed by atoms with van der Waals surface area (Å²) in [5.41, 5.74) is 3.26. The first-order valence-corrected chi connectivity index (χ1v) is 11.1. The molecule has 0 radical (unpaired) electrons. The quantitative estimate of drug-likeness (QED) is 0.361. The summed E-state index contributed by atoms with van der Waals surface area (Å²) in [6.45, 7) is 5.13. The van der Waals surface area contributed by atoms with E-state index in [4.69, 9.17) is 4.74 Å². The van der Waals surface area contributed by atoms with Gasteiger partial charge in [-0.25, -0.2) is 0 Å². The summed E-state index contributed by atoms with van der Waals surface area (Å²) in [7, 11) is 1.82. The van der Waals surface area contributed by atoms with Gasteiger partial charge in [-0.1, -0.05) is 24.3 Å². The van der Waals surface area contributed by atoms with E-state index in [1.807, 2.05) is 36.3 Å². The Hall–Kier alpha value is -2.20. The normalized spacial score (nSPS) is 17.6. The number of ether oxygens (including phenoxy) is 1. The minimum Gasteiger partial charge on any atom is -0.378 e. The highest BCUT2D eigenvalue weighted by Crippen LogP contribution is 2.21. The van der Waals surface area contributed by atoms with Gasteiger partial charge in [-0.3, -0.25) is 14.8 Å². The van der Waals surface area contributed by atoms with Crippen molar-refractivity contribution in [2.75, 3.05) is 46.4 Å². The number of amides is 1. The number of aliphatic imine (C=N–C) groups is 1. The van der Waals surface area contributed by atoms with Gasteiger partial charge in [0, 0.05) is 57.4 Å². The van der Waals surface area contributed by atoms with E-state index in [1.165, 1.54) is 5.56 Å². The lowest BCUT2D eigenvalue weighted by atomic mass is 9.95. The minimum atomic E-state index is 0. The molecule has 0 unspecified atom stereocenters. The van der Waals surface area contributed by atoms with Crippen molar-refractivity contribution in [3.8, 4) is 11.3 Å². The van der Waals surface area contributed by atoms with Crippen LogP contribution in [0.3, 0.4) is 0 Å². The third-order valence-electron chi connectivity index (χ3n) is 6.02. The van der Waals surface area contributed by atoms with Crippen LogP contribution in [0.25, 0.3) is 11.3 Å². The van der Waals surface area contributed by atoms with Gasteiger partial charge in [0.15, 0.2) is 5.96 Å². The second kappa shape index (κ2) is 12.2. The van der Waals surface area contributed by atoms with E-state index in [0.29, 0.717) is 19.8 Å². The van der Waals surface area contributed by atoms with E-state index in [9.17, 15) is 4.79 Å². The molecule has 32 heavy (non-hydrogen) atoms. The first kappa shape index (κ1) is 24.4. The van der Waals surface area contributed by atoms with Crippen molar-refractivity contribution in [2.24, 2.45) is 10.9 Å². The lowest BCUT2D eigenvalue weighted by Gasteiger charge is -2.36. The van der Waals surface area contributed by atoms with E-state index < -0.39 is 0 Å². The van der Waals surface area contributed by atoms with Crippen molar-refractivity contribution in [1.29, 1.82) is 0 Å². The van der Waals surface area contributed by atoms with Crippen molar-refractivity contribution >= 4 is 35.8 Å². The number of rotatable bonds is 4. The van der Waals surface area contributed by atoms with Crippen LogP contribution in [-0.4, -0.2) is 73.1 Å². The lowest BCUT2D eigenvalue weighted by molar-refractivity contribution is -0.140. The molecule has 0 spiro atoms. The number of halogens is 1. The smallest absolute Gasteiger partial charge is 0.225 e. The maximum atomic E-state index is 12.8. The maximum absolute atomic E-state index is 12.8. The number of nitrogens with one attached hydrogen (secondary N) is 1. The number of hydrogen-bond acceptors (Lipinski definition) is 4. The van der Waals surface area contributed by atoms with Crippen LogP contribution >= 0.6 is 24.0 Å². The van der Waals surface area contributed by atoms with Crippen LogP contribution in [0.4, 0.5) is 0 Å². The van der Waals surface area contributed by atoms with Crippen LogP contribution < -0.4 is 5.32 Å². The number of piperidine rings is 1. The molecule has 0 aliphatic carbocycles. The molecule has 2 fully saturated rings. The number of nitrogens with zero attached hydrogens (tertiary/aromatic N) is 4. The molecule has 2 aliphatic rings. The number of pyridine rings is 1. The first-order valence-electron chi connectivity index (χ1n) is 11.1. The summed E-state index contributed by atoms with van der Waals surface area (Å²) in [4.78, 5) is 25.9. The third kappa shape index (κ3) is 6.19. The zero-order valence-electron chi connectivity index (χ0n) is 18.6. The Bertz CT molecular complexity index is 894. The van der Waals surface area contributed by atoms with Crippen molar-refractivity contribution in [1.82, 2.24) is 20.1 Å². The molecule has 1 N–H and O–H groups in total. The molecular weight excluding hydrogens is 517 g/mol. The second-order valence-electron chi connectivity index (χ2n) is 8.02. The molecule has 4 rings (SSSR count). The van der Waals surface area contributed by atoms with Gasteiger partial charge in [-0.2, -0.15) is 0 Å². The van der Waals surface area contributed by atoms with Crippen LogP contribution in [0.2, 0.25) is 0 Å². The van der Waals surface area contributed by atoms with Gasteiger partial charge in [0.05, 0.1) is 18.9 Å². The van der Waals surface area contributed by atoms with Gasteiger partial charge in [0.2, 0.25) is 5.91 Å². The standard InChI is InChI=1S/C24H31N5O2.HI/c1-25-24(27-18-19-5-4-6-21(17-19)22-7-2-3-10-26-22)29-11-8-20(9-12-29)23(30)28-13-15-31-16-14-28;/h2-7,10,17,20H,8-9,11-16,18H2,1H3,(H,25,27);1H. The van der Waals surface area contributed by atoms with E-state index >= 15 is 0 Å². The zero-order valence-corrected chi connectivity index (χ0v) is 20.9. The van der Waals surface area contributed by atoms with Crippen LogP contribution in [-0.2, 0) is 16.1 Å². The summed E-state index contributed by atoms with van der Waals surface area (Å²) in [5.74, 6) is 1.29. The predicted octanol–water partition coefficient (Wildman–Crippen LogP) is 3.01. The van der Waals surface area contributed by atoms with Crippen molar-refractivity contribution in [3.05, 3.63) is 54.2 Å². The topological polar surface area (TPSA) is 70.1 Å². The second-order valence-corrected chi connectivity index (χ2v) is 8.02. The number of carbonyl (C=O) groups excluding carboxylic acids is 1. The molecule has 7 nitrogen and oxygen atoms in total. The van der Waals surface area contributed by atoms with Gasteiger partial charge in [-0.15, -0.1) is 24.0 Å². The SMILES string of the molecule is CN=C(NCc1cccc(-c2ccccn2)c1)N1CCC(C(=O)N2CCOCC2)CC1.I. The molecule has 1 aromatic heterocycles. The predicted molar refractivity (Wildman–Crippen MR) is 137 cm³/mol. The number of aromatic nitrogens is 1. The molecule has 0 bridgehead atoms. The Morgan fingerprint density at radius 1 is 1.09 bits per heavy atom. The summed E-state index contributed by atoms with van der Waals surface area (Å²) in [6.07, 6.45) is 3.55. The molecule has 2 saturated heterocycles. The number of hydrogen-bond donors (Lipinski definition) is 1. The Morgan fingerprint density at radius 2 is 1.88 bits per heavy atom. The lowest BCUT2D eigenvalue weighted by Crippen LogP contribution is -2.49. The average molecular weight is 549 g/mol. The highest BCUT2D eigenvalue weighted by molar-refractivity contribution is 14.0. The Balaban J connectivity index is 0.00000289. The summed E-state index contributed by atoms with van der Waals surface area (Å²) >= 11 is 0. The van der Waals surface area contributed by atoms with E-state index in [-0.39, 0.29) is 35.8 Å². The van der Waals surface area contributed by atoms with Gasteiger partial charge in [0.25, 0.3) is 0 Å². The number of carbonyl (C=O) groups is 1. The van der Waals surface area contributed by atoms with Crippen LogP contribution in [0.1, 0.15) is 18.4 Å². The Labute approximate surface area is 207 Å². The molecule has 8 heteroatoms. The molecule has 0 saturated carbocycles. The highest BCUT2D eigenvalue weighted by Gasteiger charge is 2.30. The Morgan fingerprint density at radius 3 is 2.56 bits per heavy atom.